The molecule has 2 aromatic rings. The smallest absolute Gasteiger partial charge is 0.165 e. The molecule has 0 amide bonds. The Morgan fingerprint density at radius 2 is 2.07 bits per heavy atom. The maximum atomic E-state index is 5.58. The fraction of sp³-hybridized carbons (Fsp3) is 0.0833. The van der Waals surface area contributed by atoms with Gasteiger partial charge < -0.3 is 4.52 Å². The molecule has 0 spiro atoms. The van der Waals surface area contributed by atoms with Gasteiger partial charge in [0.1, 0.15) is 4.64 Å². The zero-order chi connectivity index (χ0) is 10.7. The van der Waals surface area contributed by atoms with Gasteiger partial charge in [0.15, 0.2) is 5.76 Å². The second-order valence-electron chi connectivity index (χ2n) is 3.15. The van der Waals surface area contributed by atoms with Crippen LogP contribution >= 0.6 is 12.2 Å². The summed E-state index contributed by atoms with van der Waals surface area (Å²) in [6.07, 6.45) is 1.76. The van der Waals surface area contributed by atoms with Crippen LogP contribution in [0.3, 0.4) is 0 Å². The molecular weight excluding hydrogens is 206 g/mol. The Morgan fingerprint density at radius 3 is 2.73 bits per heavy atom. The molecule has 0 saturated heterocycles. The van der Waals surface area contributed by atoms with Crippen molar-refractivity contribution in [3.63, 3.8) is 0 Å². The summed E-state index contributed by atoms with van der Waals surface area (Å²) < 4.78 is 7.91. The van der Waals surface area contributed by atoms with Crippen LogP contribution < -0.4 is 0 Å². The zero-order valence-corrected chi connectivity index (χ0v) is 9.04. The second kappa shape index (κ2) is 4.28. The quantitative estimate of drug-likeness (QED) is 0.577. The molecule has 0 radical (unpaired) electrons. The van der Waals surface area contributed by atoms with Gasteiger partial charge in [-0.25, -0.2) is 0 Å². The van der Waals surface area contributed by atoms with Gasteiger partial charge in [0.2, 0.25) is 0 Å². The van der Waals surface area contributed by atoms with Crippen molar-refractivity contribution in [2.24, 2.45) is 0 Å². The van der Waals surface area contributed by atoms with Crippen LogP contribution in [0.25, 0.3) is 11.3 Å². The Balaban J connectivity index is 2.43. The number of nitrogens with zero attached hydrogens (tertiary/aromatic N) is 1. The first kappa shape index (κ1) is 9.93. The Kier molecular flexibility index (Phi) is 2.83. The maximum absolute atomic E-state index is 5.58. The normalized spacial score (nSPS) is 10.1. The Morgan fingerprint density at radius 1 is 1.33 bits per heavy atom. The minimum atomic E-state index is 0.603. The van der Waals surface area contributed by atoms with Crippen molar-refractivity contribution in [2.45, 2.75) is 6.54 Å². The van der Waals surface area contributed by atoms with E-state index in [0.717, 1.165) is 11.3 Å². The summed E-state index contributed by atoms with van der Waals surface area (Å²) in [4.78, 5) is 0. The van der Waals surface area contributed by atoms with Crippen LogP contribution in [-0.2, 0) is 6.54 Å². The van der Waals surface area contributed by atoms with Gasteiger partial charge in [-0.15, -0.1) is 6.58 Å². The number of benzene rings is 1. The molecule has 0 atom stereocenters. The SMILES string of the molecule is C=CCn1oc(-c2ccccc2)cc1=S. The van der Waals surface area contributed by atoms with Crippen molar-refractivity contribution < 1.29 is 4.52 Å². The summed E-state index contributed by atoms with van der Waals surface area (Å²) in [6.45, 7) is 4.25. The first-order chi connectivity index (χ1) is 7.31. The van der Waals surface area contributed by atoms with Crippen molar-refractivity contribution in [1.29, 1.82) is 0 Å². The first-order valence-electron chi connectivity index (χ1n) is 4.69. The largest absolute Gasteiger partial charge is 0.378 e. The topological polar surface area (TPSA) is 18.1 Å². The van der Waals surface area contributed by atoms with E-state index < -0.39 is 0 Å². The number of rotatable bonds is 3. The lowest BCUT2D eigenvalue weighted by atomic mass is 10.2. The Hall–Kier alpha value is -1.61. The first-order valence-corrected chi connectivity index (χ1v) is 5.09. The van der Waals surface area contributed by atoms with Gasteiger partial charge in [-0.2, -0.15) is 4.74 Å². The fourth-order valence-electron chi connectivity index (χ4n) is 1.36. The molecule has 0 aliphatic carbocycles. The van der Waals surface area contributed by atoms with Crippen molar-refractivity contribution in [3.8, 4) is 11.3 Å². The highest BCUT2D eigenvalue weighted by Gasteiger charge is 2.03. The average Bonchev–Trinajstić information content (AvgIpc) is 2.63. The highest BCUT2D eigenvalue weighted by atomic mass is 32.1. The summed E-state index contributed by atoms with van der Waals surface area (Å²) in [5.74, 6) is 0.794. The van der Waals surface area contributed by atoms with Gasteiger partial charge in [0.05, 0.1) is 6.54 Å². The predicted molar refractivity (Wildman–Crippen MR) is 63.2 cm³/mol. The molecule has 2 nitrogen and oxygen atoms in total. The summed E-state index contributed by atoms with van der Waals surface area (Å²) in [5.41, 5.74) is 1.03. The van der Waals surface area contributed by atoms with Crippen LogP contribution in [0.4, 0.5) is 0 Å². The van der Waals surface area contributed by atoms with E-state index in [9.17, 15) is 0 Å². The zero-order valence-electron chi connectivity index (χ0n) is 8.22. The Labute approximate surface area is 93.4 Å². The molecule has 3 heteroatoms. The second-order valence-corrected chi connectivity index (χ2v) is 3.57. The molecule has 1 heterocycles. The van der Waals surface area contributed by atoms with Gasteiger partial charge in [0, 0.05) is 11.6 Å². The third-order valence-corrected chi connectivity index (χ3v) is 2.38. The molecule has 0 bridgehead atoms. The van der Waals surface area contributed by atoms with Crippen LogP contribution in [0.15, 0.2) is 53.6 Å². The number of hydrogen-bond donors (Lipinski definition) is 0. The lowest BCUT2D eigenvalue weighted by Gasteiger charge is -1.96. The highest BCUT2D eigenvalue weighted by molar-refractivity contribution is 7.71. The van der Waals surface area contributed by atoms with Crippen molar-refractivity contribution in [2.75, 3.05) is 0 Å². The van der Waals surface area contributed by atoms with Crippen LogP contribution in [0.2, 0.25) is 0 Å². The van der Waals surface area contributed by atoms with E-state index >= 15 is 0 Å². The lowest BCUT2D eigenvalue weighted by Crippen LogP contribution is -1.90. The minimum absolute atomic E-state index is 0.603. The minimum Gasteiger partial charge on any atom is -0.378 e. The van der Waals surface area contributed by atoms with Crippen molar-refractivity contribution in [1.82, 2.24) is 4.74 Å². The fourth-order valence-corrected chi connectivity index (χ4v) is 1.58. The van der Waals surface area contributed by atoms with Gasteiger partial charge in [0.25, 0.3) is 0 Å². The van der Waals surface area contributed by atoms with Gasteiger partial charge in [-0.05, 0) is 0 Å². The highest BCUT2D eigenvalue weighted by Crippen LogP contribution is 2.19. The molecule has 2 rings (SSSR count). The molecule has 0 aliphatic heterocycles. The van der Waals surface area contributed by atoms with Crippen LogP contribution in [0.1, 0.15) is 0 Å². The van der Waals surface area contributed by atoms with Crippen molar-refractivity contribution >= 4 is 12.2 Å². The number of hydrogen-bond acceptors (Lipinski definition) is 2. The summed E-state index contributed by atoms with van der Waals surface area (Å²) >= 11 is 5.16. The van der Waals surface area contributed by atoms with E-state index in [1.165, 1.54) is 0 Å². The van der Waals surface area contributed by atoms with E-state index in [-0.39, 0.29) is 0 Å². The molecule has 0 saturated carbocycles. The van der Waals surface area contributed by atoms with Gasteiger partial charge in [-0.3, -0.25) is 0 Å². The molecule has 0 fully saturated rings. The monoisotopic (exact) mass is 217 g/mol. The third-order valence-electron chi connectivity index (χ3n) is 2.06. The van der Waals surface area contributed by atoms with Gasteiger partial charge >= 0.3 is 0 Å². The molecular formula is C12H11NOS. The average molecular weight is 217 g/mol. The van der Waals surface area contributed by atoms with Crippen LogP contribution in [0, 0.1) is 4.64 Å². The van der Waals surface area contributed by atoms with E-state index in [1.54, 1.807) is 10.8 Å². The molecule has 76 valence electrons. The maximum Gasteiger partial charge on any atom is 0.165 e. The third kappa shape index (κ3) is 2.07. The molecule has 15 heavy (non-hydrogen) atoms. The van der Waals surface area contributed by atoms with E-state index in [1.807, 2.05) is 36.4 Å². The van der Waals surface area contributed by atoms with Crippen LogP contribution in [-0.4, -0.2) is 4.74 Å². The Bertz CT molecular complexity index is 510. The standard InChI is InChI=1S/C12H11NOS/c1-2-8-13-12(15)9-11(14-13)10-6-4-3-5-7-10/h2-7,9H,1,8H2. The lowest BCUT2D eigenvalue weighted by molar-refractivity contribution is 0.294. The van der Waals surface area contributed by atoms with Crippen molar-refractivity contribution in [3.05, 3.63) is 53.7 Å². The molecule has 1 aromatic carbocycles. The summed E-state index contributed by atoms with van der Waals surface area (Å²) in [5, 5.41) is 0. The predicted octanol–water partition coefficient (Wildman–Crippen LogP) is 3.66. The number of aromatic nitrogens is 1. The molecule has 0 N–H and O–H groups in total. The molecule has 1 aromatic heterocycles. The molecule has 0 aliphatic rings. The van der Waals surface area contributed by atoms with E-state index in [0.29, 0.717) is 11.2 Å². The number of allylic oxidation sites excluding steroid dienone is 1. The van der Waals surface area contributed by atoms with E-state index in [2.05, 4.69) is 6.58 Å². The van der Waals surface area contributed by atoms with Crippen LogP contribution in [0.5, 0.6) is 0 Å². The summed E-state index contributed by atoms with van der Waals surface area (Å²) in [7, 11) is 0. The molecule has 0 unspecified atom stereocenters. The van der Waals surface area contributed by atoms with Gasteiger partial charge in [-0.1, -0.05) is 48.6 Å². The van der Waals surface area contributed by atoms with E-state index in [4.69, 9.17) is 16.7 Å². The summed E-state index contributed by atoms with van der Waals surface area (Å²) in [6, 6.07) is 11.8.